The molecule has 0 N–H and O–H groups in total. The van der Waals surface area contributed by atoms with E-state index in [0.717, 1.165) is 46.0 Å². The number of aryl methyl sites for hydroxylation is 1. The Balaban J connectivity index is 1.65. The molecule has 0 radical (unpaired) electrons. The molecule has 4 aromatic heterocycles. The maximum atomic E-state index is 5.10. The smallest absolute Gasteiger partial charge is 0.197 e. The topological polar surface area (TPSA) is 56.0 Å². The number of thioether (sulfide) groups is 1. The third-order valence-corrected chi connectivity index (χ3v) is 7.55. The highest BCUT2D eigenvalue weighted by atomic mass is 32.2. The van der Waals surface area contributed by atoms with Crippen molar-refractivity contribution in [2.24, 2.45) is 5.92 Å². The highest BCUT2D eigenvalue weighted by Gasteiger charge is 2.26. The van der Waals surface area contributed by atoms with Crippen LogP contribution in [0.25, 0.3) is 15.9 Å². The second-order valence-corrected chi connectivity index (χ2v) is 9.97. The summed E-state index contributed by atoms with van der Waals surface area (Å²) in [5.41, 5.74) is 3.63. The molecule has 144 valence electrons. The fraction of sp³-hybridized carbons (Fsp3) is 0.429. The van der Waals surface area contributed by atoms with E-state index >= 15 is 0 Å². The number of nitrogens with zero attached hydrogens (tertiary/aromatic N) is 5. The second kappa shape index (κ2) is 7.12. The Hall–Kier alpha value is -1.99. The van der Waals surface area contributed by atoms with Gasteiger partial charge in [-0.1, -0.05) is 38.6 Å². The van der Waals surface area contributed by atoms with Gasteiger partial charge in [0, 0.05) is 28.9 Å². The predicted octanol–water partition coefficient (Wildman–Crippen LogP) is 5.27. The van der Waals surface area contributed by atoms with Crippen LogP contribution in [-0.2, 0) is 18.6 Å². The van der Waals surface area contributed by atoms with Gasteiger partial charge in [0.1, 0.15) is 10.7 Å². The molecule has 5 rings (SSSR count). The van der Waals surface area contributed by atoms with Crippen LogP contribution in [0.5, 0.6) is 0 Å². The minimum absolute atomic E-state index is 0.304. The van der Waals surface area contributed by atoms with Crippen LogP contribution in [0.4, 0.5) is 0 Å². The SMILES string of the molecule is CC(C)c1nc2sc3c(c2c2nnc(SCc4cccnc4)n12)CC[C@@H](C)C3. The Labute approximate surface area is 172 Å². The lowest BCUT2D eigenvalue weighted by Gasteiger charge is -2.17. The lowest BCUT2D eigenvalue weighted by molar-refractivity contribution is 0.509. The van der Waals surface area contributed by atoms with Crippen molar-refractivity contribution in [1.29, 1.82) is 0 Å². The zero-order valence-electron chi connectivity index (χ0n) is 16.3. The molecular formula is C21H23N5S2. The van der Waals surface area contributed by atoms with E-state index in [1.54, 1.807) is 18.0 Å². The molecule has 0 fully saturated rings. The maximum Gasteiger partial charge on any atom is 0.197 e. The molecule has 5 nitrogen and oxygen atoms in total. The molecule has 0 unspecified atom stereocenters. The van der Waals surface area contributed by atoms with Gasteiger partial charge >= 0.3 is 0 Å². The van der Waals surface area contributed by atoms with Crippen LogP contribution in [-0.4, -0.2) is 24.6 Å². The van der Waals surface area contributed by atoms with Gasteiger partial charge in [0.25, 0.3) is 0 Å². The van der Waals surface area contributed by atoms with Gasteiger partial charge in [-0.25, -0.2) is 4.98 Å². The number of hydrogen-bond acceptors (Lipinski definition) is 6. The molecule has 0 amide bonds. The van der Waals surface area contributed by atoms with E-state index in [-0.39, 0.29) is 0 Å². The van der Waals surface area contributed by atoms with E-state index in [2.05, 4.69) is 46.4 Å². The molecule has 0 saturated carbocycles. The fourth-order valence-electron chi connectivity index (χ4n) is 3.95. The predicted molar refractivity (Wildman–Crippen MR) is 115 cm³/mol. The lowest BCUT2D eigenvalue weighted by Crippen LogP contribution is -2.09. The van der Waals surface area contributed by atoms with E-state index < -0.39 is 0 Å². The maximum absolute atomic E-state index is 5.10. The van der Waals surface area contributed by atoms with Crippen molar-refractivity contribution >= 4 is 39.0 Å². The van der Waals surface area contributed by atoms with Crippen LogP contribution in [0.1, 0.15) is 54.9 Å². The van der Waals surface area contributed by atoms with Crippen molar-refractivity contribution in [2.45, 2.75) is 56.9 Å². The van der Waals surface area contributed by atoms with Gasteiger partial charge in [-0.15, -0.1) is 21.5 Å². The Morgan fingerprint density at radius 3 is 3.00 bits per heavy atom. The first-order valence-electron chi connectivity index (χ1n) is 9.82. The lowest BCUT2D eigenvalue weighted by atomic mass is 9.89. The van der Waals surface area contributed by atoms with Crippen LogP contribution in [0.2, 0.25) is 0 Å². The summed E-state index contributed by atoms with van der Waals surface area (Å²) in [5.74, 6) is 2.93. The summed E-state index contributed by atoms with van der Waals surface area (Å²) in [7, 11) is 0. The fourth-order valence-corrected chi connectivity index (χ4v) is 6.21. The highest BCUT2D eigenvalue weighted by molar-refractivity contribution is 7.98. The average Bonchev–Trinajstić information content (AvgIpc) is 3.26. The molecule has 0 aliphatic heterocycles. The summed E-state index contributed by atoms with van der Waals surface area (Å²) in [6.07, 6.45) is 7.25. The van der Waals surface area contributed by atoms with Gasteiger partial charge in [0.05, 0.1) is 5.39 Å². The highest BCUT2D eigenvalue weighted by Crippen LogP contribution is 2.40. The van der Waals surface area contributed by atoms with Gasteiger partial charge in [0.15, 0.2) is 10.8 Å². The van der Waals surface area contributed by atoms with Crippen LogP contribution in [0.15, 0.2) is 29.7 Å². The molecular weight excluding hydrogens is 386 g/mol. The molecule has 7 heteroatoms. The Bertz CT molecular complexity index is 1150. The monoisotopic (exact) mass is 409 g/mol. The number of aromatic nitrogens is 5. The van der Waals surface area contributed by atoms with Crippen LogP contribution >= 0.6 is 23.1 Å². The van der Waals surface area contributed by atoms with Crippen LogP contribution in [0.3, 0.4) is 0 Å². The molecule has 1 atom stereocenters. The molecule has 0 aromatic carbocycles. The van der Waals surface area contributed by atoms with E-state index in [1.165, 1.54) is 27.8 Å². The number of hydrogen-bond donors (Lipinski definition) is 0. The molecule has 28 heavy (non-hydrogen) atoms. The third kappa shape index (κ3) is 3.01. The van der Waals surface area contributed by atoms with Crippen molar-refractivity contribution in [2.75, 3.05) is 0 Å². The molecule has 0 bridgehead atoms. The summed E-state index contributed by atoms with van der Waals surface area (Å²) >= 11 is 3.57. The standard InChI is InChI=1S/C21H23N5S2/c1-12(2)18-23-20-17(15-7-6-13(3)9-16(15)28-20)19-24-25-21(26(18)19)27-11-14-5-4-8-22-10-14/h4-5,8,10,12-13H,6-7,9,11H2,1-3H3/t13-/m1/s1. The Morgan fingerprint density at radius 2 is 2.21 bits per heavy atom. The van der Waals surface area contributed by atoms with Gasteiger partial charge < -0.3 is 0 Å². The average molecular weight is 410 g/mol. The first-order valence-corrected chi connectivity index (χ1v) is 11.6. The summed E-state index contributed by atoms with van der Waals surface area (Å²) in [5, 5.41) is 11.4. The first kappa shape index (κ1) is 18.1. The number of fused-ring (bicyclic) bond motifs is 5. The Morgan fingerprint density at radius 1 is 1.32 bits per heavy atom. The molecule has 0 spiro atoms. The molecule has 1 aliphatic carbocycles. The number of thiophene rings is 1. The summed E-state index contributed by atoms with van der Waals surface area (Å²) < 4.78 is 2.19. The first-order chi connectivity index (χ1) is 13.6. The second-order valence-electron chi connectivity index (χ2n) is 7.95. The largest absolute Gasteiger partial charge is 0.264 e. The minimum atomic E-state index is 0.304. The molecule has 4 aromatic rings. The molecule has 1 aliphatic rings. The van der Waals surface area contributed by atoms with E-state index in [9.17, 15) is 0 Å². The minimum Gasteiger partial charge on any atom is -0.264 e. The van der Waals surface area contributed by atoms with Gasteiger partial charge in [-0.3, -0.25) is 9.38 Å². The number of pyridine rings is 1. The van der Waals surface area contributed by atoms with E-state index in [4.69, 9.17) is 4.98 Å². The van der Waals surface area contributed by atoms with E-state index in [0.29, 0.717) is 5.92 Å². The van der Waals surface area contributed by atoms with Crippen LogP contribution < -0.4 is 0 Å². The Kier molecular flexibility index (Phi) is 4.59. The summed E-state index contributed by atoms with van der Waals surface area (Å²) in [6, 6.07) is 4.07. The summed E-state index contributed by atoms with van der Waals surface area (Å²) in [6.45, 7) is 6.73. The normalized spacial score (nSPS) is 16.9. The van der Waals surface area contributed by atoms with Crippen molar-refractivity contribution in [3.8, 4) is 0 Å². The van der Waals surface area contributed by atoms with Gasteiger partial charge in [-0.2, -0.15) is 0 Å². The zero-order valence-corrected chi connectivity index (χ0v) is 18.0. The van der Waals surface area contributed by atoms with Crippen LogP contribution in [0, 0.1) is 5.92 Å². The van der Waals surface area contributed by atoms with Crippen molar-refractivity contribution in [3.63, 3.8) is 0 Å². The van der Waals surface area contributed by atoms with E-state index in [1.807, 2.05) is 23.6 Å². The zero-order chi connectivity index (χ0) is 19.3. The molecule has 0 saturated heterocycles. The molecule has 4 heterocycles. The van der Waals surface area contributed by atoms with Crippen molar-refractivity contribution in [3.05, 3.63) is 46.4 Å². The number of rotatable bonds is 4. The summed E-state index contributed by atoms with van der Waals surface area (Å²) in [4.78, 5) is 11.9. The van der Waals surface area contributed by atoms with Gasteiger partial charge in [-0.05, 0) is 42.4 Å². The van der Waals surface area contributed by atoms with Crippen molar-refractivity contribution in [1.82, 2.24) is 24.6 Å². The quantitative estimate of drug-likeness (QED) is 0.430. The van der Waals surface area contributed by atoms with Gasteiger partial charge in [0.2, 0.25) is 0 Å². The third-order valence-electron chi connectivity index (χ3n) is 5.40. The van der Waals surface area contributed by atoms with Crippen molar-refractivity contribution < 1.29 is 0 Å².